The second kappa shape index (κ2) is 12.3. The van der Waals surface area contributed by atoms with E-state index in [0.29, 0.717) is 18.4 Å². The lowest BCUT2D eigenvalue weighted by Gasteiger charge is -2.22. The molecule has 0 saturated carbocycles. The zero-order valence-corrected chi connectivity index (χ0v) is 18.8. The van der Waals surface area contributed by atoms with Gasteiger partial charge in [-0.25, -0.2) is 0 Å². The van der Waals surface area contributed by atoms with Crippen LogP contribution >= 0.6 is 0 Å². The molecule has 0 heterocycles. The number of ether oxygens (including phenoxy) is 1. The van der Waals surface area contributed by atoms with Crippen molar-refractivity contribution in [2.24, 2.45) is 5.92 Å². The van der Waals surface area contributed by atoms with Gasteiger partial charge in [-0.1, -0.05) is 78.9 Å². The van der Waals surface area contributed by atoms with Crippen LogP contribution in [0, 0.1) is 5.92 Å². The minimum absolute atomic E-state index is 0.0868. The lowest BCUT2D eigenvalue weighted by molar-refractivity contribution is -0.143. The normalized spacial score (nSPS) is 12.4. The maximum absolute atomic E-state index is 13.4. The van der Waals surface area contributed by atoms with E-state index in [4.69, 9.17) is 4.74 Å². The van der Waals surface area contributed by atoms with Gasteiger partial charge in [0.05, 0.1) is 12.6 Å². The summed E-state index contributed by atoms with van der Waals surface area (Å²) in [6.07, 6.45) is 1.18. The van der Waals surface area contributed by atoms with E-state index in [1.54, 1.807) is 24.3 Å². The molecule has 5 nitrogen and oxygen atoms in total. The Kier molecular flexibility index (Phi) is 8.95. The molecule has 0 bridgehead atoms. The number of carbonyl (C=O) groups is 3. The minimum atomic E-state index is -0.685. The number of amides is 1. The molecule has 0 aromatic heterocycles. The molecule has 0 saturated heterocycles. The molecule has 3 rings (SSSR count). The molecule has 5 heteroatoms. The van der Waals surface area contributed by atoms with Crippen molar-refractivity contribution in [2.75, 3.05) is 6.61 Å². The van der Waals surface area contributed by atoms with Crippen LogP contribution in [0.4, 0.5) is 0 Å². The fraction of sp³-hybridized carbons (Fsp3) is 0.250. The molecule has 0 unspecified atom stereocenters. The average Bonchev–Trinajstić information content (AvgIpc) is 2.84. The highest BCUT2D eigenvalue weighted by Gasteiger charge is 2.25. The predicted molar refractivity (Wildman–Crippen MR) is 128 cm³/mol. The molecule has 0 aliphatic carbocycles. The van der Waals surface area contributed by atoms with Crippen LogP contribution < -0.4 is 5.32 Å². The van der Waals surface area contributed by atoms with Gasteiger partial charge in [-0.15, -0.1) is 0 Å². The summed E-state index contributed by atoms with van der Waals surface area (Å²) < 4.78 is 5.25. The summed E-state index contributed by atoms with van der Waals surface area (Å²) in [6.45, 7) is 1.51. The third-order valence-corrected chi connectivity index (χ3v) is 5.39. The van der Waals surface area contributed by atoms with Crippen LogP contribution in [0.5, 0.6) is 0 Å². The topological polar surface area (TPSA) is 72.5 Å². The van der Waals surface area contributed by atoms with Crippen molar-refractivity contribution in [3.05, 3.63) is 108 Å². The van der Waals surface area contributed by atoms with Gasteiger partial charge in [0.1, 0.15) is 0 Å². The summed E-state index contributed by atoms with van der Waals surface area (Å²) in [5, 5.41) is 2.92. The van der Waals surface area contributed by atoms with E-state index in [1.165, 1.54) is 6.92 Å². The van der Waals surface area contributed by atoms with Gasteiger partial charge >= 0.3 is 5.97 Å². The highest BCUT2D eigenvalue weighted by atomic mass is 16.5. The molecule has 170 valence electrons. The van der Waals surface area contributed by atoms with Gasteiger partial charge < -0.3 is 10.1 Å². The first-order chi connectivity index (χ1) is 16.0. The number of carbonyl (C=O) groups excluding carboxylic acids is 3. The van der Waals surface area contributed by atoms with E-state index >= 15 is 0 Å². The molecule has 0 aliphatic rings. The van der Waals surface area contributed by atoms with Gasteiger partial charge in [-0.05, 0) is 36.1 Å². The molecule has 33 heavy (non-hydrogen) atoms. The van der Waals surface area contributed by atoms with Crippen molar-refractivity contribution >= 4 is 17.7 Å². The molecule has 0 aliphatic heterocycles. The van der Waals surface area contributed by atoms with Crippen LogP contribution in [0.25, 0.3) is 0 Å². The lowest BCUT2D eigenvalue weighted by atomic mass is 9.90. The van der Waals surface area contributed by atoms with E-state index < -0.39 is 6.04 Å². The summed E-state index contributed by atoms with van der Waals surface area (Å²) in [5.74, 6) is -0.935. The zero-order chi connectivity index (χ0) is 23.5. The number of ketones is 1. The molecule has 2 atom stereocenters. The Balaban J connectivity index is 1.76. The van der Waals surface area contributed by atoms with Crippen LogP contribution in [0.3, 0.4) is 0 Å². The number of esters is 1. The minimum Gasteiger partial charge on any atom is -0.466 e. The Hall–Kier alpha value is -3.73. The number of benzene rings is 3. The van der Waals surface area contributed by atoms with Crippen molar-refractivity contribution in [3.8, 4) is 0 Å². The Labute approximate surface area is 194 Å². The first-order valence-electron chi connectivity index (χ1n) is 11.1. The molecule has 3 aromatic rings. The standard InChI is InChI=1S/C28H29NO4/c1-21(30)33-20-24(17-22-11-5-2-6-12-22)19-27(31)26(18-23-13-7-3-8-14-23)29-28(32)25-15-9-4-10-16-25/h2-16,24,26H,17-20H2,1H3,(H,29,32)/t24-,26+/m1/s1. The van der Waals surface area contributed by atoms with E-state index in [1.807, 2.05) is 66.7 Å². The van der Waals surface area contributed by atoms with E-state index in [0.717, 1.165) is 11.1 Å². The van der Waals surface area contributed by atoms with Gasteiger partial charge in [0, 0.05) is 24.8 Å². The molecular formula is C28H29NO4. The van der Waals surface area contributed by atoms with Crippen LogP contribution in [-0.4, -0.2) is 30.3 Å². The lowest BCUT2D eigenvalue weighted by Crippen LogP contribution is -2.43. The van der Waals surface area contributed by atoms with Crippen LogP contribution in [0.2, 0.25) is 0 Å². The molecule has 0 radical (unpaired) electrons. The molecule has 0 fully saturated rings. The van der Waals surface area contributed by atoms with E-state index in [9.17, 15) is 14.4 Å². The van der Waals surface area contributed by atoms with Crippen LogP contribution in [0.1, 0.15) is 34.8 Å². The fourth-order valence-corrected chi connectivity index (χ4v) is 3.73. The Morgan fingerprint density at radius 1 is 0.758 bits per heavy atom. The smallest absolute Gasteiger partial charge is 0.302 e. The number of hydrogen-bond acceptors (Lipinski definition) is 4. The quantitative estimate of drug-likeness (QED) is 0.446. The first kappa shape index (κ1) is 23.9. The highest BCUT2D eigenvalue weighted by molar-refractivity contribution is 5.98. The third-order valence-electron chi connectivity index (χ3n) is 5.39. The van der Waals surface area contributed by atoms with Crippen molar-refractivity contribution in [2.45, 2.75) is 32.2 Å². The number of hydrogen-bond donors (Lipinski definition) is 1. The van der Waals surface area contributed by atoms with E-state index in [-0.39, 0.29) is 36.6 Å². The summed E-state index contributed by atoms with van der Waals surface area (Å²) in [4.78, 5) is 37.6. The first-order valence-corrected chi connectivity index (χ1v) is 11.1. The van der Waals surface area contributed by atoms with Crippen molar-refractivity contribution in [1.29, 1.82) is 0 Å². The van der Waals surface area contributed by atoms with Crippen LogP contribution in [0.15, 0.2) is 91.0 Å². The Bertz CT molecular complexity index is 1040. The van der Waals surface area contributed by atoms with Crippen molar-refractivity contribution in [1.82, 2.24) is 5.32 Å². The number of rotatable bonds is 11. The molecular weight excluding hydrogens is 414 g/mol. The molecule has 1 N–H and O–H groups in total. The maximum Gasteiger partial charge on any atom is 0.302 e. The Morgan fingerprint density at radius 2 is 1.27 bits per heavy atom. The second-order valence-electron chi connectivity index (χ2n) is 8.11. The molecule has 3 aromatic carbocycles. The van der Waals surface area contributed by atoms with Crippen molar-refractivity contribution < 1.29 is 19.1 Å². The van der Waals surface area contributed by atoms with Gasteiger partial charge in [0.25, 0.3) is 5.91 Å². The highest BCUT2D eigenvalue weighted by Crippen LogP contribution is 2.17. The van der Waals surface area contributed by atoms with Crippen molar-refractivity contribution in [3.63, 3.8) is 0 Å². The SMILES string of the molecule is CC(=O)OC[C@@H](CC(=O)[C@H](Cc1ccccc1)NC(=O)c1ccccc1)Cc1ccccc1. The molecule has 0 spiro atoms. The monoisotopic (exact) mass is 443 g/mol. The summed E-state index contributed by atoms with van der Waals surface area (Å²) in [6, 6.07) is 27.6. The third kappa shape index (κ3) is 8.04. The zero-order valence-electron chi connectivity index (χ0n) is 18.8. The summed E-state index contributed by atoms with van der Waals surface area (Å²) in [5.41, 5.74) is 2.53. The average molecular weight is 444 g/mol. The van der Waals surface area contributed by atoms with Crippen LogP contribution in [-0.2, 0) is 27.2 Å². The van der Waals surface area contributed by atoms with Gasteiger partial charge in [0.2, 0.25) is 0 Å². The fourth-order valence-electron chi connectivity index (χ4n) is 3.73. The van der Waals surface area contributed by atoms with Gasteiger partial charge in [-0.3, -0.25) is 14.4 Å². The summed E-state index contributed by atoms with van der Waals surface area (Å²) in [7, 11) is 0. The van der Waals surface area contributed by atoms with E-state index in [2.05, 4.69) is 5.32 Å². The molecule has 1 amide bonds. The predicted octanol–water partition coefficient (Wildman–Crippen LogP) is 4.41. The maximum atomic E-state index is 13.4. The second-order valence-corrected chi connectivity index (χ2v) is 8.11. The number of Topliss-reactive ketones (excluding diaryl/α,β-unsaturated/α-hetero) is 1. The van der Waals surface area contributed by atoms with Gasteiger partial charge in [-0.2, -0.15) is 0 Å². The Morgan fingerprint density at radius 3 is 1.82 bits per heavy atom. The van der Waals surface area contributed by atoms with Gasteiger partial charge in [0.15, 0.2) is 5.78 Å². The largest absolute Gasteiger partial charge is 0.466 e. The summed E-state index contributed by atoms with van der Waals surface area (Å²) >= 11 is 0. The number of nitrogens with one attached hydrogen (secondary N) is 1.